The summed E-state index contributed by atoms with van der Waals surface area (Å²) in [5.74, 6) is -0.888. The highest BCUT2D eigenvalue weighted by Gasteiger charge is 2.25. The number of benzene rings is 1. The summed E-state index contributed by atoms with van der Waals surface area (Å²) in [5, 5.41) is 11.7. The largest absolute Gasteiger partial charge is 0.514 e. The van der Waals surface area contributed by atoms with E-state index in [9.17, 15) is 19.5 Å². The van der Waals surface area contributed by atoms with Gasteiger partial charge in [-0.05, 0) is 81.8 Å². The maximum Gasteiger partial charge on any atom is 0.514 e. The summed E-state index contributed by atoms with van der Waals surface area (Å²) in [6, 6.07) is 3.68. The van der Waals surface area contributed by atoms with Gasteiger partial charge in [0.15, 0.2) is 0 Å². The lowest BCUT2D eigenvalue weighted by Gasteiger charge is -2.22. The van der Waals surface area contributed by atoms with Crippen molar-refractivity contribution >= 4 is 40.8 Å². The fourth-order valence-corrected chi connectivity index (χ4v) is 2.69. The number of carboxylic acid groups (broad SMARTS) is 1. The summed E-state index contributed by atoms with van der Waals surface area (Å²) < 4.78 is 16.0. The number of amides is 1. The van der Waals surface area contributed by atoms with E-state index in [0.717, 1.165) is 0 Å². The van der Waals surface area contributed by atoms with Crippen molar-refractivity contribution in [3.8, 4) is 5.75 Å². The van der Waals surface area contributed by atoms with Crippen molar-refractivity contribution in [2.75, 3.05) is 0 Å². The standard InChI is InChI=1S/C19H26INO7/c1-18(2,3)27-16(24)21-13(15(22)23)10-11-7-8-14(12(20)9-11)26-17(25)28-19(4,5)6/h7-9,13H,10H2,1-6H3,(H,21,24)(H,22,23)/t13-/m0/s1. The van der Waals surface area contributed by atoms with Crippen LogP contribution in [0.25, 0.3) is 0 Å². The van der Waals surface area contributed by atoms with Gasteiger partial charge < -0.3 is 24.6 Å². The maximum atomic E-state index is 11.9. The van der Waals surface area contributed by atoms with E-state index in [1.807, 2.05) is 22.6 Å². The van der Waals surface area contributed by atoms with Crippen LogP contribution in [-0.4, -0.2) is 40.6 Å². The van der Waals surface area contributed by atoms with Crippen molar-refractivity contribution in [2.24, 2.45) is 0 Å². The Morgan fingerprint density at radius 1 is 1.07 bits per heavy atom. The lowest BCUT2D eigenvalue weighted by molar-refractivity contribution is -0.139. The number of hydrogen-bond acceptors (Lipinski definition) is 6. The summed E-state index contributed by atoms with van der Waals surface area (Å²) in [4.78, 5) is 35.1. The number of carbonyl (C=O) groups excluding carboxylic acids is 2. The average Bonchev–Trinajstić information content (AvgIpc) is 2.45. The molecule has 0 saturated heterocycles. The molecule has 0 heterocycles. The maximum absolute atomic E-state index is 11.9. The van der Waals surface area contributed by atoms with Crippen LogP contribution >= 0.6 is 22.6 Å². The number of nitrogens with one attached hydrogen (secondary N) is 1. The molecule has 0 aliphatic rings. The summed E-state index contributed by atoms with van der Waals surface area (Å²) in [7, 11) is 0. The van der Waals surface area contributed by atoms with E-state index >= 15 is 0 Å². The second-order valence-corrected chi connectivity index (χ2v) is 9.23. The summed E-state index contributed by atoms with van der Waals surface area (Å²) >= 11 is 1.97. The van der Waals surface area contributed by atoms with E-state index in [-0.39, 0.29) is 6.42 Å². The molecule has 9 heteroatoms. The lowest BCUT2D eigenvalue weighted by Crippen LogP contribution is -2.44. The molecule has 0 fully saturated rings. The normalized spacial score (nSPS) is 12.7. The number of halogens is 1. The number of carbonyl (C=O) groups is 3. The summed E-state index contributed by atoms with van der Waals surface area (Å²) in [5.41, 5.74) is -0.766. The van der Waals surface area contributed by atoms with Gasteiger partial charge in [0.2, 0.25) is 0 Å². The quantitative estimate of drug-likeness (QED) is 0.350. The molecule has 0 aliphatic heterocycles. The monoisotopic (exact) mass is 507 g/mol. The van der Waals surface area contributed by atoms with E-state index in [4.69, 9.17) is 14.2 Å². The van der Waals surface area contributed by atoms with Gasteiger partial charge in [-0.25, -0.2) is 14.4 Å². The first-order valence-corrected chi connectivity index (χ1v) is 9.66. The smallest absolute Gasteiger partial charge is 0.480 e. The Labute approximate surface area is 178 Å². The minimum atomic E-state index is -1.19. The van der Waals surface area contributed by atoms with E-state index in [1.165, 1.54) is 0 Å². The number of alkyl carbamates (subject to hydrolysis) is 1. The van der Waals surface area contributed by atoms with Crippen LogP contribution in [0.2, 0.25) is 0 Å². The van der Waals surface area contributed by atoms with Gasteiger partial charge in [-0.3, -0.25) is 0 Å². The van der Waals surface area contributed by atoms with E-state index in [1.54, 1.807) is 59.7 Å². The predicted molar refractivity (Wildman–Crippen MR) is 111 cm³/mol. The van der Waals surface area contributed by atoms with Crippen molar-refractivity contribution in [1.29, 1.82) is 0 Å². The number of ether oxygens (including phenoxy) is 3. The first-order chi connectivity index (χ1) is 12.7. The van der Waals surface area contributed by atoms with E-state index in [2.05, 4.69) is 5.32 Å². The lowest BCUT2D eigenvalue weighted by atomic mass is 10.1. The van der Waals surface area contributed by atoms with Gasteiger partial charge in [-0.2, -0.15) is 0 Å². The Morgan fingerprint density at radius 3 is 2.11 bits per heavy atom. The Balaban J connectivity index is 2.81. The summed E-state index contributed by atoms with van der Waals surface area (Å²) in [6.07, 6.45) is -1.59. The second-order valence-electron chi connectivity index (χ2n) is 8.07. The van der Waals surface area contributed by atoms with Gasteiger partial charge in [-0.1, -0.05) is 6.07 Å². The van der Waals surface area contributed by atoms with Gasteiger partial charge in [0.25, 0.3) is 0 Å². The fourth-order valence-electron chi connectivity index (χ4n) is 2.00. The molecule has 0 unspecified atom stereocenters. The Morgan fingerprint density at radius 2 is 1.64 bits per heavy atom. The molecule has 0 spiro atoms. The molecule has 2 N–H and O–H groups in total. The molecule has 0 aliphatic carbocycles. The van der Waals surface area contributed by atoms with Crippen LogP contribution in [0.3, 0.4) is 0 Å². The Bertz CT molecular complexity index is 735. The molecule has 0 bridgehead atoms. The Hall–Kier alpha value is -2.04. The van der Waals surface area contributed by atoms with Crippen LogP contribution in [0, 0.1) is 3.57 Å². The van der Waals surface area contributed by atoms with Crippen LogP contribution in [-0.2, 0) is 20.7 Å². The van der Waals surface area contributed by atoms with E-state index < -0.39 is 35.5 Å². The zero-order valence-corrected chi connectivity index (χ0v) is 18.9. The molecule has 0 saturated carbocycles. The molecule has 1 aromatic rings. The van der Waals surface area contributed by atoms with Crippen molar-refractivity contribution in [3.63, 3.8) is 0 Å². The highest BCUT2D eigenvalue weighted by molar-refractivity contribution is 14.1. The molecule has 156 valence electrons. The van der Waals surface area contributed by atoms with Crippen LogP contribution < -0.4 is 10.1 Å². The minimum Gasteiger partial charge on any atom is -0.480 e. The van der Waals surface area contributed by atoms with E-state index in [0.29, 0.717) is 14.9 Å². The molecule has 0 aromatic heterocycles. The van der Waals surface area contributed by atoms with Crippen LogP contribution in [0.1, 0.15) is 47.1 Å². The van der Waals surface area contributed by atoms with Crippen LogP contribution in [0.5, 0.6) is 5.75 Å². The number of aliphatic carboxylic acids is 1. The summed E-state index contributed by atoms with van der Waals surface area (Å²) in [6.45, 7) is 10.3. The molecule has 1 atom stereocenters. The van der Waals surface area contributed by atoms with Crippen LogP contribution in [0.15, 0.2) is 18.2 Å². The third-order valence-electron chi connectivity index (χ3n) is 3.01. The minimum absolute atomic E-state index is 0.0390. The third-order valence-corrected chi connectivity index (χ3v) is 3.85. The van der Waals surface area contributed by atoms with Crippen molar-refractivity contribution in [2.45, 2.75) is 65.2 Å². The molecule has 1 rings (SSSR count). The zero-order valence-electron chi connectivity index (χ0n) is 16.8. The molecule has 28 heavy (non-hydrogen) atoms. The van der Waals surface area contributed by atoms with Crippen molar-refractivity contribution < 1.29 is 33.7 Å². The van der Waals surface area contributed by atoms with Gasteiger partial charge in [-0.15, -0.1) is 0 Å². The first kappa shape index (κ1) is 24.0. The molecule has 1 amide bonds. The number of hydrogen-bond donors (Lipinski definition) is 2. The highest BCUT2D eigenvalue weighted by atomic mass is 127. The van der Waals surface area contributed by atoms with Crippen molar-refractivity contribution in [1.82, 2.24) is 5.32 Å². The van der Waals surface area contributed by atoms with Crippen LogP contribution in [0.4, 0.5) is 9.59 Å². The second kappa shape index (κ2) is 9.44. The highest BCUT2D eigenvalue weighted by Crippen LogP contribution is 2.24. The zero-order chi connectivity index (χ0) is 21.7. The topological polar surface area (TPSA) is 111 Å². The van der Waals surface area contributed by atoms with Gasteiger partial charge in [0.1, 0.15) is 23.0 Å². The fraction of sp³-hybridized carbons (Fsp3) is 0.526. The molecular weight excluding hydrogens is 481 g/mol. The van der Waals surface area contributed by atoms with Gasteiger partial charge in [0.05, 0.1) is 3.57 Å². The first-order valence-electron chi connectivity index (χ1n) is 8.58. The number of carboxylic acids is 1. The van der Waals surface area contributed by atoms with Crippen molar-refractivity contribution in [3.05, 3.63) is 27.3 Å². The van der Waals surface area contributed by atoms with Gasteiger partial charge >= 0.3 is 18.2 Å². The molecular formula is C19H26INO7. The molecule has 8 nitrogen and oxygen atoms in total. The molecule has 0 radical (unpaired) electrons. The molecule has 1 aromatic carbocycles. The average molecular weight is 507 g/mol. The van der Waals surface area contributed by atoms with Gasteiger partial charge in [0, 0.05) is 6.42 Å². The third kappa shape index (κ3) is 9.25. The Kier molecular flexibility index (Phi) is 8.09. The number of rotatable bonds is 5. The SMILES string of the molecule is CC(C)(C)OC(=O)N[C@@H](Cc1ccc(OC(=O)OC(C)(C)C)c(I)c1)C(=O)O. The predicted octanol–water partition coefficient (Wildman–Crippen LogP) is 4.13.